The molecule has 126 valence electrons. The summed E-state index contributed by atoms with van der Waals surface area (Å²) in [5.74, 6) is 0.0304. The van der Waals surface area contributed by atoms with Crippen LogP contribution in [0.25, 0.3) is 0 Å². The first-order valence-electron chi connectivity index (χ1n) is 7.80. The number of carbonyl (C=O) groups is 2. The van der Waals surface area contributed by atoms with Crippen LogP contribution in [0.15, 0.2) is 18.2 Å². The van der Waals surface area contributed by atoms with Crippen LogP contribution in [0.5, 0.6) is 0 Å². The van der Waals surface area contributed by atoms with Crippen LogP contribution in [0.2, 0.25) is 10.0 Å². The van der Waals surface area contributed by atoms with Gasteiger partial charge in [-0.3, -0.25) is 9.59 Å². The van der Waals surface area contributed by atoms with Gasteiger partial charge >= 0.3 is 0 Å². The molecule has 1 atom stereocenters. The Morgan fingerprint density at radius 1 is 1.00 bits per heavy atom. The van der Waals surface area contributed by atoms with Gasteiger partial charge in [-0.2, -0.15) is 0 Å². The summed E-state index contributed by atoms with van der Waals surface area (Å²) in [5, 5.41) is 0.949. The maximum Gasteiger partial charge on any atom is 0.230 e. The second-order valence-corrected chi connectivity index (χ2v) is 7.04. The standard InChI is InChI=1S/C17H22Cl2N2O2/c1-11(2)16(13-4-5-14(18)15(19)10-13)17(23)21-8-6-20(7-9-21)12(3)22/h4-5,10-11,16H,6-9H2,1-3H3. The van der Waals surface area contributed by atoms with Crippen molar-refractivity contribution >= 4 is 35.0 Å². The number of halogens is 2. The average Bonchev–Trinajstić information content (AvgIpc) is 2.50. The Balaban J connectivity index is 2.16. The number of benzene rings is 1. The van der Waals surface area contributed by atoms with Gasteiger partial charge in [-0.25, -0.2) is 0 Å². The topological polar surface area (TPSA) is 40.6 Å². The molecule has 1 aliphatic heterocycles. The van der Waals surface area contributed by atoms with E-state index >= 15 is 0 Å². The van der Waals surface area contributed by atoms with Gasteiger partial charge in [-0.1, -0.05) is 43.1 Å². The number of piperazine rings is 1. The normalized spacial score (nSPS) is 16.6. The number of amides is 2. The molecule has 0 saturated carbocycles. The van der Waals surface area contributed by atoms with E-state index < -0.39 is 0 Å². The second kappa shape index (κ2) is 7.54. The first-order chi connectivity index (χ1) is 10.8. The van der Waals surface area contributed by atoms with Crippen molar-refractivity contribution in [3.8, 4) is 0 Å². The first-order valence-corrected chi connectivity index (χ1v) is 8.56. The summed E-state index contributed by atoms with van der Waals surface area (Å²) in [4.78, 5) is 28.0. The molecule has 6 heteroatoms. The predicted octanol–water partition coefficient (Wildman–Crippen LogP) is 3.42. The summed E-state index contributed by atoms with van der Waals surface area (Å²) in [5.41, 5.74) is 0.883. The molecule has 2 rings (SSSR count). The highest BCUT2D eigenvalue weighted by Crippen LogP contribution is 2.32. The monoisotopic (exact) mass is 356 g/mol. The predicted molar refractivity (Wildman–Crippen MR) is 92.9 cm³/mol. The van der Waals surface area contributed by atoms with Gasteiger partial charge in [0.25, 0.3) is 0 Å². The molecule has 0 aliphatic carbocycles. The Morgan fingerprint density at radius 2 is 1.57 bits per heavy atom. The summed E-state index contributed by atoms with van der Waals surface area (Å²) in [6, 6.07) is 5.37. The zero-order chi connectivity index (χ0) is 17.1. The molecule has 1 saturated heterocycles. The van der Waals surface area contributed by atoms with E-state index in [1.165, 1.54) is 0 Å². The lowest BCUT2D eigenvalue weighted by atomic mass is 9.87. The molecule has 0 bridgehead atoms. The van der Waals surface area contributed by atoms with Crippen LogP contribution in [0.1, 0.15) is 32.3 Å². The van der Waals surface area contributed by atoms with E-state index in [4.69, 9.17) is 23.2 Å². The van der Waals surface area contributed by atoms with E-state index in [1.807, 2.05) is 24.8 Å². The average molecular weight is 357 g/mol. The van der Waals surface area contributed by atoms with Gasteiger partial charge in [0, 0.05) is 33.1 Å². The molecule has 1 heterocycles. The van der Waals surface area contributed by atoms with Crippen LogP contribution in [0.3, 0.4) is 0 Å². The van der Waals surface area contributed by atoms with Gasteiger partial charge < -0.3 is 9.80 Å². The third-order valence-electron chi connectivity index (χ3n) is 4.27. The Hall–Kier alpha value is -1.26. The highest BCUT2D eigenvalue weighted by Gasteiger charge is 2.31. The number of rotatable bonds is 3. The Bertz CT molecular complexity index is 596. The first kappa shape index (κ1) is 18.1. The number of hydrogen-bond donors (Lipinski definition) is 0. The smallest absolute Gasteiger partial charge is 0.230 e. The van der Waals surface area contributed by atoms with Crippen LogP contribution >= 0.6 is 23.2 Å². The van der Waals surface area contributed by atoms with Crippen LogP contribution in [-0.2, 0) is 9.59 Å². The Kier molecular flexibility index (Phi) is 5.93. The van der Waals surface area contributed by atoms with E-state index in [-0.39, 0.29) is 23.7 Å². The van der Waals surface area contributed by atoms with Crippen LogP contribution in [-0.4, -0.2) is 47.8 Å². The number of carbonyl (C=O) groups excluding carboxylic acids is 2. The highest BCUT2D eigenvalue weighted by atomic mass is 35.5. The van der Waals surface area contributed by atoms with Gasteiger partial charge in [0.05, 0.1) is 16.0 Å². The molecule has 1 aromatic carbocycles. The van der Waals surface area contributed by atoms with Gasteiger partial charge in [0.1, 0.15) is 0 Å². The fourth-order valence-corrected chi connectivity index (χ4v) is 3.26. The Morgan fingerprint density at radius 3 is 2.04 bits per heavy atom. The van der Waals surface area contributed by atoms with Crippen molar-refractivity contribution in [1.82, 2.24) is 9.80 Å². The summed E-state index contributed by atoms with van der Waals surface area (Å²) >= 11 is 12.1. The molecular weight excluding hydrogens is 335 g/mol. The van der Waals surface area contributed by atoms with E-state index in [2.05, 4.69) is 0 Å². The second-order valence-electron chi connectivity index (χ2n) is 6.23. The van der Waals surface area contributed by atoms with Gasteiger partial charge in [-0.15, -0.1) is 0 Å². The van der Waals surface area contributed by atoms with Gasteiger partial charge in [0.15, 0.2) is 0 Å². The van der Waals surface area contributed by atoms with Crippen molar-refractivity contribution < 1.29 is 9.59 Å². The van der Waals surface area contributed by atoms with Crippen molar-refractivity contribution in [3.63, 3.8) is 0 Å². The lowest BCUT2D eigenvalue weighted by Crippen LogP contribution is -2.51. The molecule has 1 fully saturated rings. The molecule has 1 aliphatic rings. The molecule has 0 spiro atoms. The van der Waals surface area contributed by atoms with Crippen molar-refractivity contribution in [2.75, 3.05) is 26.2 Å². The summed E-state index contributed by atoms with van der Waals surface area (Å²) < 4.78 is 0. The minimum absolute atomic E-state index is 0.0574. The maximum absolute atomic E-state index is 13.0. The van der Waals surface area contributed by atoms with Crippen molar-refractivity contribution in [3.05, 3.63) is 33.8 Å². The molecule has 2 amide bonds. The lowest BCUT2D eigenvalue weighted by molar-refractivity contribution is -0.140. The molecule has 1 aromatic rings. The molecule has 0 aromatic heterocycles. The summed E-state index contributed by atoms with van der Waals surface area (Å²) in [7, 11) is 0. The number of nitrogens with zero attached hydrogens (tertiary/aromatic N) is 2. The third kappa shape index (κ3) is 4.18. The zero-order valence-electron chi connectivity index (χ0n) is 13.7. The molecule has 23 heavy (non-hydrogen) atoms. The van der Waals surface area contributed by atoms with E-state index in [9.17, 15) is 9.59 Å². The number of hydrogen-bond acceptors (Lipinski definition) is 2. The summed E-state index contributed by atoms with van der Waals surface area (Å²) in [6.07, 6.45) is 0. The molecule has 0 radical (unpaired) electrons. The fraction of sp³-hybridized carbons (Fsp3) is 0.529. The van der Waals surface area contributed by atoms with E-state index in [0.717, 1.165) is 5.56 Å². The Labute approximate surface area is 147 Å². The highest BCUT2D eigenvalue weighted by molar-refractivity contribution is 6.42. The van der Waals surface area contributed by atoms with Crippen LogP contribution in [0.4, 0.5) is 0 Å². The van der Waals surface area contributed by atoms with Crippen LogP contribution in [0, 0.1) is 5.92 Å². The van der Waals surface area contributed by atoms with Crippen LogP contribution < -0.4 is 0 Å². The van der Waals surface area contributed by atoms with E-state index in [0.29, 0.717) is 36.2 Å². The van der Waals surface area contributed by atoms with Crippen molar-refractivity contribution in [1.29, 1.82) is 0 Å². The largest absolute Gasteiger partial charge is 0.339 e. The minimum atomic E-state index is -0.256. The van der Waals surface area contributed by atoms with Crippen molar-refractivity contribution in [2.24, 2.45) is 5.92 Å². The molecular formula is C17H22Cl2N2O2. The lowest BCUT2D eigenvalue weighted by Gasteiger charge is -2.37. The summed E-state index contributed by atoms with van der Waals surface area (Å²) in [6.45, 7) is 7.93. The third-order valence-corrected chi connectivity index (χ3v) is 5.01. The SMILES string of the molecule is CC(=O)N1CCN(C(=O)C(c2ccc(Cl)c(Cl)c2)C(C)C)CC1. The quantitative estimate of drug-likeness (QED) is 0.832. The molecule has 4 nitrogen and oxygen atoms in total. The van der Waals surface area contributed by atoms with E-state index in [1.54, 1.807) is 24.0 Å². The molecule has 0 N–H and O–H groups in total. The molecule has 1 unspecified atom stereocenters. The fourth-order valence-electron chi connectivity index (χ4n) is 2.96. The van der Waals surface area contributed by atoms with Gasteiger partial charge in [-0.05, 0) is 23.6 Å². The van der Waals surface area contributed by atoms with Crippen molar-refractivity contribution in [2.45, 2.75) is 26.7 Å². The zero-order valence-corrected chi connectivity index (χ0v) is 15.2. The minimum Gasteiger partial charge on any atom is -0.339 e. The van der Waals surface area contributed by atoms with Gasteiger partial charge in [0.2, 0.25) is 11.8 Å². The maximum atomic E-state index is 13.0.